The van der Waals surface area contributed by atoms with Crippen LogP contribution in [0.4, 0.5) is 0 Å². The fraction of sp³-hybridized carbons (Fsp3) is 0.857. The van der Waals surface area contributed by atoms with Crippen LogP contribution in [-0.4, -0.2) is 34.0 Å². The Morgan fingerprint density at radius 1 is 1.27 bits per heavy atom. The topological polar surface area (TPSA) is 63.6 Å². The van der Waals surface area contributed by atoms with Crippen LogP contribution in [0, 0.1) is 57.7 Å². The van der Waals surface area contributed by atoms with Crippen molar-refractivity contribution in [2.24, 2.45) is 57.7 Å². The van der Waals surface area contributed by atoms with Crippen molar-refractivity contribution in [1.82, 2.24) is 0 Å². The predicted octanol–water partition coefficient (Wildman–Crippen LogP) is 6.17. The number of carbonyl (C=O) groups is 2. The van der Waals surface area contributed by atoms with E-state index in [0.717, 1.165) is 48.4 Å². The molecule has 0 amide bonds. The van der Waals surface area contributed by atoms with Gasteiger partial charge in [0.25, 0.3) is 0 Å². The van der Waals surface area contributed by atoms with Gasteiger partial charge in [-0.3, -0.25) is 4.79 Å². The minimum absolute atomic E-state index is 0.0785. The lowest BCUT2D eigenvalue weighted by molar-refractivity contribution is -0.196. The molecule has 33 heavy (non-hydrogen) atoms. The Labute approximate surface area is 212 Å². The molecule has 5 heteroatoms. The zero-order valence-corrected chi connectivity index (χ0v) is 23.0. The Morgan fingerprint density at radius 3 is 2.58 bits per heavy atom. The molecule has 4 nitrogen and oxygen atoms in total. The molecule has 4 fully saturated rings. The molecule has 4 aliphatic carbocycles. The van der Waals surface area contributed by atoms with Crippen LogP contribution in [0.15, 0.2) is 11.6 Å². The number of alkyl halides is 1. The van der Waals surface area contributed by atoms with Crippen molar-refractivity contribution in [1.29, 1.82) is 0 Å². The van der Waals surface area contributed by atoms with E-state index in [-0.39, 0.29) is 30.0 Å². The van der Waals surface area contributed by atoms with E-state index in [1.807, 2.05) is 0 Å². The summed E-state index contributed by atoms with van der Waals surface area (Å²) < 4.78 is 7.86. The van der Waals surface area contributed by atoms with Gasteiger partial charge in [0.05, 0.1) is 17.6 Å². The molecule has 1 aliphatic heterocycles. The third kappa shape index (κ3) is 2.78. The molecular weight excluding hydrogens is 527 g/mol. The van der Waals surface area contributed by atoms with Gasteiger partial charge in [-0.1, -0.05) is 75.3 Å². The quantitative estimate of drug-likeness (QED) is 0.173. The number of carboxylic acids is 1. The second-order valence-corrected chi connectivity index (χ2v) is 13.7. The zero-order valence-electron chi connectivity index (χ0n) is 20.9. The van der Waals surface area contributed by atoms with Gasteiger partial charge in [-0.05, 0) is 73.5 Å². The Balaban J connectivity index is 1.70. The van der Waals surface area contributed by atoms with Gasteiger partial charge >= 0.3 is 5.97 Å². The summed E-state index contributed by atoms with van der Waals surface area (Å²) in [5.74, 6) is 1.73. The molecule has 5 aliphatic rings. The summed E-state index contributed by atoms with van der Waals surface area (Å²) in [4.78, 5) is 26.9. The number of aliphatic carboxylic acids is 1. The third-order valence-electron chi connectivity index (χ3n) is 10.9. The number of allylic oxidation sites excluding steroid dienone is 1. The maximum absolute atomic E-state index is 13.7. The van der Waals surface area contributed by atoms with Crippen molar-refractivity contribution in [2.75, 3.05) is 4.43 Å². The Bertz CT molecular complexity index is 866. The van der Waals surface area contributed by atoms with Gasteiger partial charge in [0.15, 0.2) is 0 Å². The molecule has 0 spiro atoms. The lowest BCUT2D eigenvalue weighted by Gasteiger charge is -2.60. The largest absolute Gasteiger partial charge is 0.481 e. The van der Waals surface area contributed by atoms with E-state index in [2.05, 4.69) is 63.3 Å². The van der Waals surface area contributed by atoms with E-state index in [1.165, 1.54) is 0 Å². The van der Waals surface area contributed by atoms with Crippen LogP contribution in [-0.2, 0) is 14.3 Å². The molecule has 0 radical (unpaired) electrons. The van der Waals surface area contributed by atoms with Crippen molar-refractivity contribution in [3.8, 4) is 0 Å². The summed E-state index contributed by atoms with van der Waals surface area (Å²) in [6.45, 7) is 11.1. The molecule has 1 heterocycles. The number of carbonyl (C=O) groups excluding carboxylic acids is 1. The minimum atomic E-state index is -1.11. The van der Waals surface area contributed by atoms with Crippen molar-refractivity contribution in [2.45, 2.75) is 85.4 Å². The molecule has 0 aromatic heterocycles. The molecule has 1 saturated heterocycles. The third-order valence-corrected chi connectivity index (χ3v) is 11.7. The fourth-order valence-corrected chi connectivity index (χ4v) is 10.9. The van der Waals surface area contributed by atoms with Gasteiger partial charge in [-0.15, -0.1) is 0 Å². The standard InChI is InChI=1S/C28H41IO4/c1-15(2)8-18-9-24(33-23(18)13-29)27-12-20-17(5)6-7-21(20)26(14-30)11-19(27)10-22(16(3)4)28(26,27)25(31)32/h10,14-21,23-24H,6-9,11-13H2,1-5H3,(H,31,32)/t17-,18?,19?,20?,21-,23?,24?,26?,27?,28+/m1/s1. The van der Waals surface area contributed by atoms with Crippen LogP contribution in [0.1, 0.15) is 73.1 Å². The molecule has 3 saturated carbocycles. The van der Waals surface area contributed by atoms with E-state index in [9.17, 15) is 14.7 Å². The highest BCUT2D eigenvalue weighted by atomic mass is 127. The van der Waals surface area contributed by atoms with E-state index >= 15 is 0 Å². The van der Waals surface area contributed by atoms with Gasteiger partial charge in [-0.25, -0.2) is 0 Å². The van der Waals surface area contributed by atoms with Crippen molar-refractivity contribution in [3.63, 3.8) is 0 Å². The summed E-state index contributed by atoms with van der Waals surface area (Å²) >= 11 is 2.45. The summed E-state index contributed by atoms with van der Waals surface area (Å²) in [7, 11) is 0. The zero-order chi connectivity index (χ0) is 23.9. The van der Waals surface area contributed by atoms with E-state index in [1.54, 1.807) is 0 Å². The molecule has 0 aromatic carbocycles. The highest BCUT2D eigenvalue weighted by Gasteiger charge is 2.86. The van der Waals surface area contributed by atoms with Gasteiger partial charge < -0.3 is 14.6 Å². The van der Waals surface area contributed by atoms with Crippen molar-refractivity contribution >= 4 is 34.8 Å². The number of rotatable bonds is 7. The Hall–Kier alpha value is -0.430. The number of fused-ring (bicyclic) bond motifs is 2. The Morgan fingerprint density at radius 2 is 2.00 bits per heavy atom. The first kappa shape index (κ1) is 24.3. The first-order valence-electron chi connectivity index (χ1n) is 13.2. The fourth-order valence-electron chi connectivity index (χ4n) is 10.0. The van der Waals surface area contributed by atoms with Crippen LogP contribution < -0.4 is 0 Å². The van der Waals surface area contributed by atoms with Gasteiger partial charge in [0.2, 0.25) is 0 Å². The number of hydrogen-bond donors (Lipinski definition) is 1. The average molecular weight is 569 g/mol. The molecule has 4 bridgehead atoms. The number of halogens is 1. The smallest absolute Gasteiger partial charge is 0.315 e. The van der Waals surface area contributed by atoms with Crippen LogP contribution >= 0.6 is 22.6 Å². The van der Waals surface area contributed by atoms with Crippen molar-refractivity contribution < 1.29 is 19.4 Å². The molecule has 5 rings (SSSR count). The number of aldehydes is 1. The molecular formula is C28H41IO4. The predicted molar refractivity (Wildman–Crippen MR) is 137 cm³/mol. The van der Waals surface area contributed by atoms with Gasteiger partial charge in [-0.2, -0.15) is 0 Å². The normalized spacial score (nSPS) is 50.2. The van der Waals surface area contributed by atoms with Crippen molar-refractivity contribution in [3.05, 3.63) is 11.6 Å². The highest BCUT2D eigenvalue weighted by Crippen LogP contribution is 2.84. The number of carboxylic acid groups (broad SMARTS) is 1. The Kier molecular flexibility index (Phi) is 5.91. The maximum Gasteiger partial charge on any atom is 0.315 e. The first-order chi connectivity index (χ1) is 15.6. The second-order valence-electron chi connectivity index (χ2n) is 12.8. The highest BCUT2D eigenvalue weighted by molar-refractivity contribution is 14.1. The number of ether oxygens (including phenoxy) is 1. The molecule has 1 N–H and O–H groups in total. The summed E-state index contributed by atoms with van der Waals surface area (Å²) in [6, 6.07) is 0. The summed E-state index contributed by atoms with van der Waals surface area (Å²) in [6.07, 6.45) is 9.33. The minimum Gasteiger partial charge on any atom is -0.481 e. The maximum atomic E-state index is 13.7. The lowest BCUT2D eigenvalue weighted by atomic mass is 9.41. The molecule has 7 unspecified atom stereocenters. The molecule has 0 aromatic rings. The molecule has 184 valence electrons. The van der Waals surface area contributed by atoms with E-state index in [4.69, 9.17) is 4.74 Å². The van der Waals surface area contributed by atoms with E-state index in [0.29, 0.717) is 30.1 Å². The van der Waals surface area contributed by atoms with E-state index < -0.39 is 22.2 Å². The van der Waals surface area contributed by atoms with Gasteiger partial charge in [0.1, 0.15) is 11.7 Å². The number of hydrogen-bond acceptors (Lipinski definition) is 3. The van der Waals surface area contributed by atoms with Crippen LogP contribution in [0.25, 0.3) is 0 Å². The van der Waals surface area contributed by atoms with Crippen LogP contribution in [0.3, 0.4) is 0 Å². The lowest BCUT2D eigenvalue weighted by Crippen LogP contribution is -2.65. The van der Waals surface area contributed by atoms with Gasteiger partial charge in [0, 0.05) is 9.84 Å². The average Bonchev–Trinajstić information content (AvgIpc) is 3.45. The van der Waals surface area contributed by atoms with Crippen LogP contribution in [0.5, 0.6) is 0 Å². The first-order valence-corrected chi connectivity index (χ1v) is 14.8. The second kappa shape index (κ2) is 8.04. The monoisotopic (exact) mass is 568 g/mol. The molecule has 10 atom stereocenters. The summed E-state index contributed by atoms with van der Waals surface area (Å²) in [5, 5.41) is 11.2. The summed E-state index contributed by atoms with van der Waals surface area (Å²) in [5.41, 5.74) is -1.36. The SMILES string of the molecule is CC(C)CC1CC(C23CC4[C@H](C)CC[C@H]4C4(C=O)CC2C=C(C(C)C)[C@@]34C(=O)O)OC1CI. The van der Waals surface area contributed by atoms with Crippen LogP contribution in [0.2, 0.25) is 0 Å².